The molecule has 0 aromatic carbocycles. The second kappa shape index (κ2) is 11.0. The Morgan fingerprint density at radius 3 is 2.29 bits per heavy atom. The maximum absolute atomic E-state index is 3.36. The molecule has 0 spiro atoms. The highest BCUT2D eigenvalue weighted by Gasteiger charge is 2.09. The van der Waals surface area contributed by atoms with Gasteiger partial charge in [-0.1, -0.05) is 20.8 Å². The van der Waals surface area contributed by atoms with E-state index in [2.05, 4.69) is 17.1 Å². The van der Waals surface area contributed by atoms with Crippen molar-refractivity contribution < 1.29 is 0 Å². The zero-order valence-corrected chi connectivity index (χ0v) is 10.3. The minimum Gasteiger partial charge on any atom is -0.317 e. The van der Waals surface area contributed by atoms with Gasteiger partial charge in [0.2, 0.25) is 0 Å². The van der Waals surface area contributed by atoms with Crippen LogP contribution in [0.25, 0.3) is 0 Å². The molecule has 1 N–H and O–H groups in total. The fraction of sp³-hybridized carbons (Fsp3) is 1.00. The Bertz CT molecular complexity index is 98.5. The Hall–Kier alpha value is -0.0800. The Kier molecular flexibility index (Phi) is 10.9. The molecule has 0 atom stereocenters. The molecule has 1 saturated heterocycles. The molecule has 0 aromatic rings. The zero-order chi connectivity index (χ0) is 10.6. The minimum absolute atomic E-state index is 1.11. The standard InChI is InChI=1S/C10H22N2.C2H6/c1-2-11-7-3-4-8-12-9-5-6-10-12;1-2/h11H,2-10H2,1H3;1-2H3. The van der Waals surface area contributed by atoms with Crippen LogP contribution in [0, 0.1) is 0 Å². The molecule has 0 aliphatic carbocycles. The van der Waals surface area contributed by atoms with Gasteiger partial charge in [0.1, 0.15) is 0 Å². The van der Waals surface area contributed by atoms with Gasteiger partial charge in [-0.15, -0.1) is 0 Å². The van der Waals surface area contributed by atoms with Crippen LogP contribution >= 0.6 is 0 Å². The summed E-state index contributed by atoms with van der Waals surface area (Å²) in [6.45, 7) is 12.5. The van der Waals surface area contributed by atoms with E-state index in [1.54, 1.807) is 0 Å². The fourth-order valence-electron chi connectivity index (χ4n) is 1.77. The molecule has 14 heavy (non-hydrogen) atoms. The van der Waals surface area contributed by atoms with Crippen LogP contribution in [0.3, 0.4) is 0 Å². The van der Waals surface area contributed by atoms with E-state index in [-0.39, 0.29) is 0 Å². The van der Waals surface area contributed by atoms with Crippen LogP contribution in [0.1, 0.15) is 46.5 Å². The summed E-state index contributed by atoms with van der Waals surface area (Å²) in [5, 5.41) is 3.36. The molecular weight excluding hydrogens is 172 g/mol. The van der Waals surface area contributed by atoms with Crippen molar-refractivity contribution in [1.29, 1.82) is 0 Å². The highest BCUT2D eigenvalue weighted by Crippen LogP contribution is 2.07. The molecule has 1 rings (SSSR count). The molecule has 0 bridgehead atoms. The van der Waals surface area contributed by atoms with Crippen molar-refractivity contribution in [1.82, 2.24) is 10.2 Å². The predicted octanol–water partition coefficient (Wildman–Crippen LogP) is 2.50. The number of nitrogens with one attached hydrogen (secondary N) is 1. The molecular formula is C12H28N2. The van der Waals surface area contributed by atoms with Crippen LogP contribution in [-0.2, 0) is 0 Å². The topological polar surface area (TPSA) is 15.3 Å². The summed E-state index contributed by atoms with van der Waals surface area (Å²) in [5.74, 6) is 0. The first-order valence-corrected chi connectivity index (χ1v) is 6.36. The zero-order valence-electron chi connectivity index (χ0n) is 10.3. The van der Waals surface area contributed by atoms with Crippen molar-refractivity contribution in [2.45, 2.75) is 46.5 Å². The number of rotatable bonds is 6. The molecule has 86 valence electrons. The van der Waals surface area contributed by atoms with Crippen LogP contribution in [0.2, 0.25) is 0 Å². The molecule has 1 fully saturated rings. The first-order valence-electron chi connectivity index (χ1n) is 6.36. The summed E-state index contributed by atoms with van der Waals surface area (Å²) in [7, 11) is 0. The lowest BCUT2D eigenvalue weighted by atomic mass is 10.3. The van der Waals surface area contributed by atoms with E-state index in [9.17, 15) is 0 Å². The quantitative estimate of drug-likeness (QED) is 0.663. The third-order valence-electron chi connectivity index (χ3n) is 2.53. The third-order valence-corrected chi connectivity index (χ3v) is 2.53. The monoisotopic (exact) mass is 200 g/mol. The Labute approximate surface area is 90.1 Å². The van der Waals surface area contributed by atoms with Crippen molar-refractivity contribution in [3.05, 3.63) is 0 Å². The van der Waals surface area contributed by atoms with Gasteiger partial charge >= 0.3 is 0 Å². The number of unbranched alkanes of at least 4 members (excludes halogenated alkanes) is 1. The third kappa shape index (κ3) is 7.34. The van der Waals surface area contributed by atoms with E-state index >= 15 is 0 Å². The van der Waals surface area contributed by atoms with Gasteiger partial charge in [-0.05, 0) is 58.4 Å². The number of nitrogens with zero attached hydrogens (tertiary/aromatic N) is 1. The van der Waals surface area contributed by atoms with Gasteiger partial charge in [0, 0.05) is 0 Å². The molecule has 0 saturated carbocycles. The van der Waals surface area contributed by atoms with Crippen LogP contribution < -0.4 is 5.32 Å². The minimum atomic E-state index is 1.11. The van der Waals surface area contributed by atoms with Crippen LogP contribution in [0.15, 0.2) is 0 Å². The average molecular weight is 200 g/mol. The van der Waals surface area contributed by atoms with Crippen LogP contribution in [-0.4, -0.2) is 37.6 Å². The second-order valence-corrected chi connectivity index (χ2v) is 3.61. The summed E-state index contributed by atoms with van der Waals surface area (Å²) in [6, 6.07) is 0. The highest BCUT2D eigenvalue weighted by molar-refractivity contribution is 4.65. The normalized spacial score (nSPS) is 16.5. The number of likely N-dealkylation sites (tertiary alicyclic amines) is 1. The summed E-state index contributed by atoms with van der Waals surface area (Å²) < 4.78 is 0. The highest BCUT2D eigenvalue weighted by atomic mass is 15.1. The van der Waals surface area contributed by atoms with Gasteiger partial charge in [-0.2, -0.15) is 0 Å². The van der Waals surface area contributed by atoms with E-state index < -0.39 is 0 Å². The molecule has 2 heteroatoms. The van der Waals surface area contributed by atoms with E-state index in [0.717, 1.165) is 6.54 Å². The van der Waals surface area contributed by atoms with Crippen molar-refractivity contribution in [3.63, 3.8) is 0 Å². The van der Waals surface area contributed by atoms with Gasteiger partial charge in [-0.3, -0.25) is 0 Å². The lowest BCUT2D eigenvalue weighted by Crippen LogP contribution is -2.22. The predicted molar refractivity (Wildman–Crippen MR) is 64.8 cm³/mol. The Balaban J connectivity index is 0.000000791. The largest absolute Gasteiger partial charge is 0.317 e. The van der Waals surface area contributed by atoms with Gasteiger partial charge in [0.15, 0.2) is 0 Å². The first-order chi connectivity index (χ1) is 6.93. The Morgan fingerprint density at radius 2 is 1.71 bits per heavy atom. The molecule has 0 radical (unpaired) electrons. The molecule has 0 aromatic heterocycles. The first kappa shape index (κ1) is 13.9. The van der Waals surface area contributed by atoms with E-state index in [0.29, 0.717) is 0 Å². The van der Waals surface area contributed by atoms with Crippen molar-refractivity contribution in [2.75, 3.05) is 32.7 Å². The van der Waals surface area contributed by atoms with E-state index in [1.165, 1.54) is 51.9 Å². The van der Waals surface area contributed by atoms with Gasteiger partial charge in [0.05, 0.1) is 0 Å². The SMILES string of the molecule is CC.CCNCCCCN1CCCC1. The van der Waals surface area contributed by atoms with Gasteiger partial charge in [-0.25, -0.2) is 0 Å². The second-order valence-electron chi connectivity index (χ2n) is 3.61. The Morgan fingerprint density at radius 1 is 1.07 bits per heavy atom. The maximum atomic E-state index is 3.36. The molecule has 1 heterocycles. The van der Waals surface area contributed by atoms with Crippen LogP contribution in [0.5, 0.6) is 0 Å². The number of hydrogen-bond donors (Lipinski definition) is 1. The fourth-order valence-corrected chi connectivity index (χ4v) is 1.77. The number of hydrogen-bond acceptors (Lipinski definition) is 2. The average Bonchev–Trinajstić information content (AvgIpc) is 2.74. The summed E-state index contributed by atoms with van der Waals surface area (Å²) in [5.41, 5.74) is 0. The van der Waals surface area contributed by atoms with Gasteiger partial charge in [0.25, 0.3) is 0 Å². The van der Waals surface area contributed by atoms with E-state index in [4.69, 9.17) is 0 Å². The summed E-state index contributed by atoms with van der Waals surface area (Å²) in [6.07, 6.45) is 5.55. The van der Waals surface area contributed by atoms with Gasteiger partial charge < -0.3 is 10.2 Å². The molecule has 0 unspecified atom stereocenters. The van der Waals surface area contributed by atoms with Crippen molar-refractivity contribution in [2.24, 2.45) is 0 Å². The van der Waals surface area contributed by atoms with Crippen molar-refractivity contribution in [3.8, 4) is 0 Å². The molecule has 0 amide bonds. The molecule has 1 aliphatic rings. The summed E-state index contributed by atoms with van der Waals surface area (Å²) in [4.78, 5) is 2.59. The lowest BCUT2D eigenvalue weighted by molar-refractivity contribution is 0.329. The smallest absolute Gasteiger partial charge is 0.00183 e. The molecule has 1 aliphatic heterocycles. The molecule has 2 nitrogen and oxygen atoms in total. The summed E-state index contributed by atoms with van der Waals surface area (Å²) >= 11 is 0. The lowest BCUT2D eigenvalue weighted by Gasteiger charge is -2.13. The maximum Gasteiger partial charge on any atom is -0.00183 e. The van der Waals surface area contributed by atoms with E-state index in [1.807, 2.05) is 13.8 Å². The van der Waals surface area contributed by atoms with Crippen LogP contribution in [0.4, 0.5) is 0 Å². The van der Waals surface area contributed by atoms with Crippen molar-refractivity contribution >= 4 is 0 Å².